The molecule has 0 aromatic carbocycles. The van der Waals surface area contributed by atoms with Crippen molar-refractivity contribution in [2.24, 2.45) is 0 Å². The number of hydrogen-bond donors (Lipinski definition) is 2. The molecule has 2 aromatic heterocycles. The van der Waals surface area contributed by atoms with Crippen LogP contribution in [0.15, 0.2) is 16.6 Å². The Morgan fingerprint density at radius 1 is 1.52 bits per heavy atom. The third-order valence-electron chi connectivity index (χ3n) is 3.99. The Hall–Kier alpha value is -0.770. The molecule has 1 aliphatic carbocycles. The molecule has 3 rings (SSSR count). The third kappa shape index (κ3) is 2.56. The van der Waals surface area contributed by atoms with Crippen LogP contribution in [-0.4, -0.2) is 42.4 Å². The summed E-state index contributed by atoms with van der Waals surface area (Å²) in [5.74, 6) is 0.390. The van der Waals surface area contributed by atoms with Crippen LogP contribution in [0.2, 0.25) is 0 Å². The van der Waals surface area contributed by atoms with Gasteiger partial charge in [-0.25, -0.2) is 18.1 Å². The minimum atomic E-state index is -3.59. The van der Waals surface area contributed by atoms with Gasteiger partial charge in [0.1, 0.15) is 0 Å². The fourth-order valence-electron chi connectivity index (χ4n) is 2.50. The number of aromatic nitrogens is 2. The van der Waals surface area contributed by atoms with Crippen molar-refractivity contribution in [2.45, 2.75) is 29.0 Å². The van der Waals surface area contributed by atoms with Crippen molar-refractivity contribution in [3.05, 3.63) is 11.6 Å². The van der Waals surface area contributed by atoms with E-state index in [0.29, 0.717) is 17.3 Å². The van der Waals surface area contributed by atoms with E-state index in [1.807, 2.05) is 11.6 Å². The second-order valence-corrected chi connectivity index (χ2v) is 8.97. The number of nitrogens with zero attached hydrogens (tertiary/aromatic N) is 2. The van der Waals surface area contributed by atoms with Gasteiger partial charge >= 0.3 is 0 Å². The number of sulfonamides is 1. The van der Waals surface area contributed by atoms with Crippen LogP contribution >= 0.6 is 23.1 Å². The highest BCUT2D eigenvalue weighted by molar-refractivity contribution is 8.00. The number of thiazole rings is 1. The molecular weight excluding hydrogens is 328 g/mol. The number of thioether (sulfide) groups is 1. The first-order valence-electron chi connectivity index (χ1n) is 6.69. The molecule has 1 saturated carbocycles. The number of anilines is 1. The largest absolute Gasteiger partial charge is 0.371 e. The van der Waals surface area contributed by atoms with Crippen LogP contribution in [0.4, 0.5) is 5.82 Å². The number of hydrogen-bond acceptors (Lipinski definition) is 6. The first-order chi connectivity index (χ1) is 10.0. The molecule has 0 saturated heterocycles. The number of imidazole rings is 1. The highest BCUT2D eigenvalue weighted by Gasteiger charge is 2.38. The minimum absolute atomic E-state index is 0.0608. The number of rotatable bonds is 6. The molecular formula is C12H18N4O2S3. The van der Waals surface area contributed by atoms with E-state index < -0.39 is 10.0 Å². The van der Waals surface area contributed by atoms with Crippen molar-refractivity contribution >= 4 is 43.9 Å². The van der Waals surface area contributed by atoms with Gasteiger partial charge in [-0.05, 0) is 19.1 Å². The predicted octanol–water partition coefficient (Wildman–Crippen LogP) is 2.00. The summed E-state index contributed by atoms with van der Waals surface area (Å²) in [6, 6.07) is 0. The maximum absolute atomic E-state index is 12.7. The Morgan fingerprint density at radius 3 is 2.86 bits per heavy atom. The second kappa shape index (κ2) is 5.45. The molecule has 1 aliphatic rings. The van der Waals surface area contributed by atoms with Crippen LogP contribution < -0.4 is 10.0 Å². The predicted molar refractivity (Wildman–Crippen MR) is 87.9 cm³/mol. The second-order valence-electron chi connectivity index (χ2n) is 5.14. The molecule has 0 radical (unpaired) electrons. The summed E-state index contributed by atoms with van der Waals surface area (Å²) >= 11 is 3.16. The monoisotopic (exact) mass is 346 g/mol. The van der Waals surface area contributed by atoms with Crippen LogP contribution in [0.25, 0.3) is 4.96 Å². The van der Waals surface area contributed by atoms with Crippen LogP contribution in [0, 0.1) is 0 Å². The Balaban J connectivity index is 1.91. The molecule has 0 atom stereocenters. The standard InChI is InChI=1S/C12H18N4O2S3/c1-13-9-10(16-6-7-20-11(16)15-9)21(17,18)14-8-12(19-2)4-3-5-12/h6-7,13-14H,3-5,8H2,1-2H3. The lowest BCUT2D eigenvalue weighted by Gasteiger charge is -2.40. The molecule has 21 heavy (non-hydrogen) atoms. The van der Waals surface area contributed by atoms with Gasteiger partial charge in [0.05, 0.1) is 0 Å². The summed E-state index contributed by atoms with van der Waals surface area (Å²) in [6.45, 7) is 0.469. The third-order valence-corrected chi connectivity index (χ3v) is 7.59. The average Bonchev–Trinajstić information content (AvgIpc) is 2.96. The van der Waals surface area contributed by atoms with Crippen molar-refractivity contribution in [2.75, 3.05) is 25.2 Å². The Morgan fingerprint density at radius 2 is 2.29 bits per heavy atom. The van der Waals surface area contributed by atoms with Crippen molar-refractivity contribution in [3.8, 4) is 0 Å². The molecule has 0 bridgehead atoms. The molecule has 6 nitrogen and oxygen atoms in total. The zero-order valence-electron chi connectivity index (χ0n) is 11.9. The maximum atomic E-state index is 12.7. The van der Waals surface area contributed by atoms with E-state index in [1.165, 1.54) is 17.8 Å². The molecule has 0 aliphatic heterocycles. The lowest BCUT2D eigenvalue weighted by Crippen LogP contribution is -2.45. The SMILES string of the molecule is CNc1nc2sccn2c1S(=O)(=O)NCC1(SC)CCC1. The lowest BCUT2D eigenvalue weighted by atomic mass is 9.84. The minimum Gasteiger partial charge on any atom is -0.371 e. The van der Waals surface area contributed by atoms with Gasteiger partial charge < -0.3 is 5.32 Å². The Kier molecular flexibility index (Phi) is 3.93. The van der Waals surface area contributed by atoms with Gasteiger partial charge in [-0.3, -0.25) is 4.40 Å². The van der Waals surface area contributed by atoms with Gasteiger partial charge in [0.15, 0.2) is 15.8 Å². The van der Waals surface area contributed by atoms with Crippen LogP contribution in [0.5, 0.6) is 0 Å². The smallest absolute Gasteiger partial charge is 0.260 e. The average molecular weight is 347 g/mol. The summed E-state index contributed by atoms with van der Waals surface area (Å²) in [7, 11) is -1.91. The van der Waals surface area contributed by atoms with E-state index in [2.05, 4.69) is 15.0 Å². The normalized spacial score (nSPS) is 17.8. The van der Waals surface area contributed by atoms with Gasteiger partial charge in [-0.1, -0.05) is 6.42 Å². The summed E-state index contributed by atoms with van der Waals surface area (Å²) in [4.78, 5) is 4.97. The van der Waals surface area contributed by atoms with E-state index in [-0.39, 0.29) is 9.77 Å². The van der Waals surface area contributed by atoms with Gasteiger partial charge in [0.2, 0.25) is 0 Å². The number of nitrogens with one attached hydrogen (secondary N) is 2. The first-order valence-corrected chi connectivity index (χ1v) is 10.3. The molecule has 2 N–H and O–H groups in total. The zero-order chi connectivity index (χ0) is 15.1. The van der Waals surface area contributed by atoms with E-state index in [1.54, 1.807) is 29.4 Å². The van der Waals surface area contributed by atoms with E-state index in [0.717, 1.165) is 12.8 Å². The highest BCUT2D eigenvalue weighted by Crippen LogP contribution is 2.42. The summed E-state index contributed by atoms with van der Waals surface area (Å²) < 4.78 is 29.8. The highest BCUT2D eigenvalue weighted by atomic mass is 32.2. The summed E-state index contributed by atoms with van der Waals surface area (Å²) in [5.41, 5.74) is 0. The zero-order valence-corrected chi connectivity index (χ0v) is 14.4. The Bertz CT molecular complexity index is 740. The Labute approximate surface area is 132 Å². The van der Waals surface area contributed by atoms with Crippen molar-refractivity contribution < 1.29 is 8.42 Å². The van der Waals surface area contributed by atoms with Gasteiger partial charge in [-0.15, -0.1) is 11.3 Å². The molecule has 9 heteroatoms. The molecule has 2 heterocycles. The summed E-state index contributed by atoms with van der Waals surface area (Å²) in [5, 5.41) is 4.89. The lowest BCUT2D eigenvalue weighted by molar-refractivity contribution is 0.361. The van der Waals surface area contributed by atoms with Crippen LogP contribution in [0.1, 0.15) is 19.3 Å². The maximum Gasteiger partial charge on any atom is 0.260 e. The molecule has 0 unspecified atom stereocenters. The molecule has 116 valence electrons. The topological polar surface area (TPSA) is 75.5 Å². The molecule has 0 amide bonds. The molecule has 0 spiro atoms. The van der Waals surface area contributed by atoms with Crippen LogP contribution in [0.3, 0.4) is 0 Å². The van der Waals surface area contributed by atoms with Crippen molar-refractivity contribution in [3.63, 3.8) is 0 Å². The molecule has 2 aromatic rings. The van der Waals surface area contributed by atoms with Gasteiger partial charge in [0.25, 0.3) is 10.0 Å². The van der Waals surface area contributed by atoms with Crippen molar-refractivity contribution in [1.82, 2.24) is 14.1 Å². The fraction of sp³-hybridized carbons (Fsp3) is 0.583. The quantitative estimate of drug-likeness (QED) is 0.837. The van der Waals surface area contributed by atoms with E-state index >= 15 is 0 Å². The van der Waals surface area contributed by atoms with E-state index in [9.17, 15) is 8.42 Å². The number of fused-ring (bicyclic) bond motifs is 1. The van der Waals surface area contributed by atoms with Crippen LogP contribution in [-0.2, 0) is 10.0 Å². The van der Waals surface area contributed by atoms with Crippen molar-refractivity contribution in [1.29, 1.82) is 0 Å². The fourth-order valence-corrected chi connectivity index (χ4v) is 5.69. The van der Waals surface area contributed by atoms with Gasteiger partial charge in [-0.2, -0.15) is 11.8 Å². The molecule has 1 fully saturated rings. The van der Waals surface area contributed by atoms with E-state index in [4.69, 9.17) is 0 Å². The first kappa shape index (κ1) is 15.1. The van der Waals surface area contributed by atoms with Gasteiger partial charge in [0, 0.05) is 29.9 Å². The summed E-state index contributed by atoms with van der Waals surface area (Å²) in [6.07, 6.45) is 7.08.